The van der Waals surface area contributed by atoms with Crippen molar-refractivity contribution in [1.29, 1.82) is 0 Å². The van der Waals surface area contributed by atoms with Crippen molar-refractivity contribution in [3.63, 3.8) is 0 Å². The number of rotatable bonds is 6. The predicted octanol–water partition coefficient (Wildman–Crippen LogP) is -1.53. The number of thioether (sulfide) groups is 1. The molecule has 8 heteroatoms. The number of carbonyl (C=O) groups excluding carboxylic acids is 2. The lowest BCUT2D eigenvalue weighted by Crippen LogP contribution is -2.46. The van der Waals surface area contributed by atoms with Gasteiger partial charge in [0.25, 0.3) is 0 Å². The van der Waals surface area contributed by atoms with Crippen LogP contribution < -0.4 is 5.32 Å². The van der Waals surface area contributed by atoms with E-state index in [0.717, 1.165) is 0 Å². The second-order valence-electron chi connectivity index (χ2n) is 3.54. The Morgan fingerprint density at radius 1 is 1.53 bits per heavy atom. The first-order valence-electron chi connectivity index (χ1n) is 5.03. The van der Waals surface area contributed by atoms with Crippen LogP contribution in [0, 0.1) is 0 Å². The number of aliphatic hydroxyl groups excluding tert-OH is 1. The van der Waals surface area contributed by atoms with Gasteiger partial charge in [-0.3, -0.25) is 9.59 Å². The van der Waals surface area contributed by atoms with Crippen LogP contribution in [0.25, 0.3) is 0 Å². The van der Waals surface area contributed by atoms with Crippen molar-refractivity contribution in [2.24, 2.45) is 0 Å². The van der Waals surface area contributed by atoms with Gasteiger partial charge in [-0.2, -0.15) is 0 Å². The molecule has 1 aliphatic heterocycles. The molecule has 3 N–H and O–H groups in total. The lowest BCUT2D eigenvalue weighted by atomic mass is 10.2. The molecule has 0 aliphatic carbocycles. The van der Waals surface area contributed by atoms with E-state index >= 15 is 0 Å². The molecule has 0 bridgehead atoms. The summed E-state index contributed by atoms with van der Waals surface area (Å²) in [6.45, 7) is -0.462. The van der Waals surface area contributed by atoms with Crippen molar-refractivity contribution in [2.75, 3.05) is 24.8 Å². The first-order chi connectivity index (χ1) is 8.04. The molecule has 2 amide bonds. The third kappa shape index (κ3) is 4.23. The van der Waals surface area contributed by atoms with E-state index in [9.17, 15) is 14.4 Å². The van der Waals surface area contributed by atoms with Gasteiger partial charge >= 0.3 is 5.97 Å². The minimum Gasteiger partial charge on any atom is -0.480 e. The van der Waals surface area contributed by atoms with E-state index in [1.54, 1.807) is 0 Å². The first kappa shape index (κ1) is 13.8. The number of amides is 2. The zero-order valence-corrected chi connectivity index (χ0v) is 9.90. The van der Waals surface area contributed by atoms with Crippen LogP contribution in [0.2, 0.25) is 0 Å². The molecule has 1 rings (SSSR count). The molecule has 1 atom stereocenters. The van der Waals surface area contributed by atoms with Crippen molar-refractivity contribution in [1.82, 2.24) is 10.2 Å². The van der Waals surface area contributed by atoms with Crippen LogP contribution in [0.1, 0.15) is 6.42 Å². The Hall–Kier alpha value is -1.28. The Morgan fingerprint density at radius 3 is 2.71 bits per heavy atom. The summed E-state index contributed by atoms with van der Waals surface area (Å²) in [6, 6.07) is -1.11. The number of nitrogens with zero attached hydrogens (tertiary/aromatic N) is 1. The van der Waals surface area contributed by atoms with Crippen molar-refractivity contribution in [3.05, 3.63) is 0 Å². The fourth-order valence-corrected chi connectivity index (χ4v) is 2.24. The van der Waals surface area contributed by atoms with Crippen molar-refractivity contribution in [2.45, 2.75) is 12.5 Å². The van der Waals surface area contributed by atoms with E-state index in [1.165, 1.54) is 16.7 Å². The number of carboxylic acid groups (broad SMARTS) is 1. The Morgan fingerprint density at radius 2 is 2.24 bits per heavy atom. The fraction of sp³-hybridized carbons (Fsp3) is 0.667. The van der Waals surface area contributed by atoms with E-state index in [1.807, 2.05) is 0 Å². The maximum atomic E-state index is 11.5. The highest BCUT2D eigenvalue weighted by Gasteiger charge is 2.25. The van der Waals surface area contributed by atoms with Crippen LogP contribution in [0.15, 0.2) is 0 Å². The molecule has 17 heavy (non-hydrogen) atoms. The van der Waals surface area contributed by atoms with Gasteiger partial charge in [-0.15, -0.1) is 11.8 Å². The maximum absolute atomic E-state index is 11.5. The van der Waals surface area contributed by atoms with Crippen LogP contribution >= 0.6 is 11.8 Å². The highest BCUT2D eigenvalue weighted by Crippen LogP contribution is 2.13. The Bertz CT molecular complexity index is 323. The quantitative estimate of drug-likeness (QED) is 0.536. The number of hydrogen-bond donors (Lipinski definition) is 3. The maximum Gasteiger partial charge on any atom is 0.326 e. The molecule has 0 aromatic heterocycles. The van der Waals surface area contributed by atoms with Gasteiger partial charge in [-0.05, 0) is 0 Å². The highest BCUT2D eigenvalue weighted by atomic mass is 32.2. The summed E-state index contributed by atoms with van der Waals surface area (Å²) in [4.78, 5) is 34.8. The molecule has 0 saturated carbocycles. The second-order valence-corrected chi connectivity index (χ2v) is 4.49. The SMILES string of the molecule is O=C(CN1CSCC1=O)N[C@@H](CCO)C(=O)O. The smallest absolute Gasteiger partial charge is 0.326 e. The van der Waals surface area contributed by atoms with Gasteiger partial charge < -0.3 is 20.4 Å². The molecule has 1 heterocycles. The Labute approximate surface area is 102 Å². The number of hydrogen-bond acceptors (Lipinski definition) is 5. The number of carbonyl (C=O) groups is 3. The van der Waals surface area contributed by atoms with Gasteiger partial charge in [-0.25, -0.2) is 4.79 Å². The lowest BCUT2D eigenvalue weighted by Gasteiger charge is -2.17. The van der Waals surface area contributed by atoms with E-state index in [4.69, 9.17) is 10.2 Å². The molecule has 0 unspecified atom stereocenters. The molecule has 0 radical (unpaired) electrons. The van der Waals surface area contributed by atoms with Crippen LogP contribution in [-0.2, 0) is 14.4 Å². The largest absolute Gasteiger partial charge is 0.480 e. The van der Waals surface area contributed by atoms with Gasteiger partial charge in [-0.1, -0.05) is 0 Å². The van der Waals surface area contributed by atoms with Gasteiger partial charge in [0, 0.05) is 13.0 Å². The molecule has 1 aliphatic rings. The highest BCUT2D eigenvalue weighted by molar-refractivity contribution is 8.00. The van der Waals surface area contributed by atoms with Gasteiger partial charge in [0.15, 0.2) is 0 Å². The van der Waals surface area contributed by atoms with Crippen molar-refractivity contribution < 1.29 is 24.6 Å². The molecule has 1 fully saturated rings. The van der Waals surface area contributed by atoms with Crippen LogP contribution in [0.4, 0.5) is 0 Å². The zero-order chi connectivity index (χ0) is 12.8. The average Bonchev–Trinajstić information content (AvgIpc) is 2.63. The second kappa shape index (κ2) is 6.45. The van der Waals surface area contributed by atoms with Crippen LogP contribution in [-0.4, -0.2) is 63.7 Å². The summed E-state index contributed by atoms with van der Waals surface area (Å²) in [5, 5.41) is 19.7. The first-order valence-corrected chi connectivity index (χ1v) is 6.18. The van der Waals surface area contributed by atoms with Crippen molar-refractivity contribution >= 4 is 29.5 Å². The molecular weight excluding hydrogens is 248 g/mol. The van der Waals surface area contributed by atoms with Gasteiger partial charge in [0.1, 0.15) is 12.6 Å². The van der Waals surface area contributed by atoms with E-state index in [-0.39, 0.29) is 25.5 Å². The Balaban J connectivity index is 2.41. The molecule has 7 nitrogen and oxygen atoms in total. The number of carboxylic acids is 1. The summed E-state index contributed by atoms with van der Waals surface area (Å²) in [6.07, 6.45) is -0.0518. The van der Waals surface area contributed by atoms with Gasteiger partial charge in [0.2, 0.25) is 11.8 Å². The summed E-state index contributed by atoms with van der Waals surface area (Å²) in [5.74, 6) is -1.05. The summed E-state index contributed by atoms with van der Waals surface area (Å²) < 4.78 is 0. The third-order valence-corrected chi connectivity index (χ3v) is 3.16. The van der Waals surface area contributed by atoms with E-state index in [0.29, 0.717) is 11.6 Å². The predicted molar refractivity (Wildman–Crippen MR) is 60.3 cm³/mol. The average molecular weight is 262 g/mol. The van der Waals surface area contributed by atoms with Crippen molar-refractivity contribution in [3.8, 4) is 0 Å². The standard InChI is InChI=1S/C9H14N2O5S/c12-2-1-6(9(15)16)10-7(13)3-11-5-17-4-8(11)14/h6,12H,1-5H2,(H,10,13)(H,15,16)/t6-/m0/s1. The molecule has 0 spiro atoms. The molecular formula is C9H14N2O5S. The zero-order valence-electron chi connectivity index (χ0n) is 9.09. The normalized spacial score (nSPS) is 17.0. The Kier molecular flexibility index (Phi) is 5.23. The molecule has 0 aromatic rings. The molecule has 96 valence electrons. The molecule has 1 saturated heterocycles. The summed E-state index contributed by atoms with van der Waals surface area (Å²) in [7, 11) is 0. The number of aliphatic hydroxyl groups is 1. The number of nitrogens with one attached hydrogen (secondary N) is 1. The van der Waals surface area contributed by atoms with Gasteiger partial charge in [0.05, 0.1) is 11.6 Å². The minimum absolute atomic E-state index is 0.0518. The van der Waals surface area contributed by atoms with Crippen LogP contribution in [0.3, 0.4) is 0 Å². The van der Waals surface area contributed by atoms with Crippen LogP contribution in [0.5, 0.6) is 0 Å². The topological polar surface area (TPSA) is 107 Å². The molecule has 0 aromatic carbocycles. The fourth-order valence-electron chi connectivity index (χ4n) is 1.34. The minimum atomic E-state index is -1.20. The van der Waals surface area contributed by atoms with E-state index < -0.39 is 17.9 Å². The lowest BCUT2D eigenvalue weighted by molar-refractivity contribution is -0.142. The van der Waals surface area contributed by atoms with E-state index in [2.05, 4.69) is 5.32 Å². The summed E-state index contributed by atoms with van der Waals surface area (Å²) >= 11 is 1.41. The monoisotopic (exact) mass is 262 g/mol. The summed E-state index contributed by atoms with van der Waals surface area (Å²) in [5.41, 5.74) is 0. The third-order valence-electron chi connectivity index (χ3n) is 2.21. The number of aliphatic carboxylic acids is 1.